The number of aliphatic hydroxyl groups is 3. The predicted octanol–water partition coefficient (Wildman–Crippen LogP) is 4.68. The van der Waals surface area contributed by atoms with Crippen LogP contribution >= 0.6 is 0 Å². The molecule has 19 heteroatoms. The van der Waals surface area contributed by atoms with Crippen molar-refractivity contribution in [1.29, 1.82) is 0 Å². The zero-order valence-electron chi connectivity index (χ0n) is 45.6. The maximum atomic E-state index is 14.6. The van der Waals surface area contributed by atoms with Crippen LogP contribution in [0.15, 0.2) is 24.3 Å². The molecule has 0 aromatic carbocycles. The summed E-state index contributed by atoms with van der Waals surface area (Å²) in [6.07, 6.45) is 3.10. The van der Waals surface area contributed by atoms with Crippen LogP contribution in [-0.4, -0.2) is 198 Å². The minimum atomic E-state index is -1.01. The SMILES string of the molecule is C=C1CC2CCC34CC5OC6C(OC7CCC(CC(=O)OC8C(CC9OC(CCC1O2)CC(C)C9=C)OC1CC2OC9(CC2OC1C8C)CC1OC2(CCC8OC(C(O)CC(O)CO)CC8O2)CC(C)C1O9)OC7C6O3)C5O4. The van der Waals surface area contributed by atoms with Gasteiger partial charge in [-0.15, -0.1) is 0 Å². The van der Waals surface area contributed by atoms with Crippen LogP contribution in [-0.2, 0) is 75.8 Å². The second-order valence-corrected chi connectivity index (χ2v) is 27.0. The number of esters is 1. The van der Waals surface area contributed by atoms with Gasteiger partial charge in [-0.2, -0.15) is 0 Å². The van der Waals surface area contributed by atoms with E-state index in [2.05, 4.69) is 33.9 Å². The van der Waals surface area contributed by atoms with E-state index in [1.54, 1.807) is 0 Å². The Balaban J connectivity index is 0.653. The second-order valence-electron chi connectivity index (χ2n) is 27.0. The van der Waals surface area contributed by atoms with E-state index in [-0.39, 0.29) is 140 Å². The Bertz CT molecular complexity index is 2310. The molecule has 16 saturated heterocycles. The van der Waals surface area contributed by atoms with Crippen molar-refractivity contribution in [2.75, 3.05) is 6.61 Å². The van der Waals surface area contributed by atoms with Gasteiger partial charge in [-0.1, -0.05) is 33.9 Å². The molecular weight excluding hydrogens is 1010 g/mol. The summed E-state index contributed by atoms with van der Waals surface area (Å²) in [6.45, 7) is 15.2. The van der Waals surface area contributed by atoms with E-state index < -0.39 is 72.8 Å². The zero-order chi connectivity index (χ0) is 53.1. The van der Waals surface area contributed by atoms with Gasteiger partial charge in [0.1, 0.15) is 36.6 Å². The average Bonchev–Trinajstić information content (AvgIpc) is 4.15. The fraction of sp³-hybridized carbons (Fsp3) is 0.915. The van der Waals surface area contributed by atoms with Crippen molar-refractivity contribution >= 4 is 5.97 Å². The molecule has 0 aromatic heterocycles. The van der Waals surface area contributed by atoms with E-state index >= 15 is 0 Å². The van der Waals surface area contributed by atoms with E-state index in [1.165, 1.54) is 0 Å². The molecule has 31 atom stereocenters. The molecular formula is C59H84O19. The van der Waals surface area contributed by atoms with Crippen LogP contribution in [0, 0.1) is 17.8 Å². The summed E-state index contributed by atoms with van der Waals surface area (Å²) < 4.78 is 103. The van der Waals surface area contributed by atoms with Crippen molar-refractivity contribution in [3.63, 3.8) is 0 Å². The Morgan fingerprint density at radius 3 is 2.06 bits per heavy atom. The van der Waals surface area contributed by atoms with Gasteiger partial charge in [0.05, 0.1) is 129 Å². The monoisotopic (exact) mass is 1100 g/mol. The van der Waals surface area contributed by atoms with Crippen molar-refractivity contribution in [3.05, 3.63) is 24.3 Å². The quantitative estimate of drug-likeness (QED) is 0.257. The van der Waals surface area contributed by atoms with Crippen molar-refractivity contribution in [2.24, 2.45) is 17.8 Å². The highest BCUT2D eigenvalue weighted by atomic mass is 16.8. The maximum absolute atomic E-state index is 14.6. The standard InChI is InChI=1S/C59H84O19/c1-26-14-32-6-8-36-27(2)15-34(64-36)10-12-58-23-46-53(77-58)54-55(71-46)56(78-58)52-38(69-54)9-7-33(66-52)17-48(63)72-51-30(5)50-44(68-43(51)18-39(65-32)29(26)4)20-42-45(70-50)22-59(74-42)24-47-49(76-59)28(3)21-57(75-47)13-11-37-41(73-57)19-40(67-37)35(62)16-31(61)25-60/h26,28,30-47,49-56,60-62H,2,4,6-25H2,1,3,5H3. The topological polar surface area (TPSA) is 216 Å². The molecule has 434 valence electrons. The smallest absolute Gasteiger partial charge is 0.308 e. The number of ether oxygens (including phenoxy) is 15. The normalized spacial score (nSPS) is 56.8. The molecule has 3 spiro atoms. The third-order valence-electron chi connectivity index (χ3n) is 21.6. The fourth-order valence-corrected chi connectivity index (χ4v) is 17.8. The highest BCUT2D eigenvalue weighted by molar-refractivity contribution is 5.70. The first-order valence-corrected chi connectivity index (χ1v) is 30.4. The zero-order valence-corrected chi connectivity index (χ0v) is 45.6. The lowest BCUT2D eigenvalue weighted by molar-refractivity contribution is -0.339. The van der Waals surface area contributed by atoms with Crippen LogP contribution in [0.4, 0.5) is 0 Å². The van der Waals surface area contributed by atoms with Gasteiger partial charge in [0.2, 0.25) is 0 Å². The minimum Gasteiger partial charge on any atom is -0.459 e. The summed E-state index contributed by atoms with van der Waals surface area (Å²) >= 11 is 0. The molecule has 0 saturated carbocycles. The minimum absolute atomic E-state index is 0.0152. The fourth-order valence-electron chi connectivity index (χ4n) is 17.8. The van der Waals surface area contributed by atoms with Crippen molar-refractivity contribution in [2.45, 2.75) is 313 Å². The second kappa shape index (κ2) is 19.9. The Morgan fingerprint density at radius 2 is 1.19 bits per heavy atom. The number of aliphatic hydroxyl groups excluding tert-OH is 3. The number of hydrogen-bond acceptors (Lipinski definition) is 19. The lowest BCUT2D eigenvalue weighted by Gasteiger charge is -2.50. The summed E-state index contributed by atoms with van der Waals surface area (Å²) in [6, 6.07) is 0. The van der Waals surface area contributed by atoms with Gasteiger partial charge in [0, 0.05) is 70.1 Å². The van der Waals surface area contributed by atoms with E-state index in [0.29, 0.717) is 64.2 Å². The lowest BCUT2D eigenvalue weighted by Crippen LogP contribution is -2.62. The Hall–Kier alpha value is -1.73. The first-order valence-electron chi connectivity index (χ1n) is 30.4. The van der Waals surface area contributed by atoms with Crippen molar-refractivity contribution < 1.29 is 91.2 Å². The van der Waals surface area contributed by atoms with Crippen molar-refractivity contribution in [3.8, 4) is 0 Å². The van der Waals surface area contributed by atoms with Gasteiger partial charge in [-0.25, -0.2) is 0 Å². The molecule has 16 rings (SSSR count). The number of carbonyl (C=O) groups is 1. The van der Waals surface area contributed by atoms with Crippen LogP contribution < -0.4 is 0 Å². The molecule has 16 aliphatic heterocycles. The van der Waals surface area contributed by atoms with Crippen LogP contribution in [0.5, 0.6) is 0 Å². The van der Waals surface area contributed by atoms with E-state index in [0.717, 1.165) is 56.1 Å². The molecule has 31 unspecified atom stereocenters. The van der Waals surface area contributed by atoms with Crippen molar-refractivity contribution in [1.82, 2.24) is 0 Å². The number of rotatable bonds is 4. The summed E-state index contributed by atoms with van der Waals surface area (Å²) in [5.41, 5.74) is 2.15. The molecule has 0 amide bonds. The average molecular weight is 1100 g/mol. The molecule has 78 heavy (non-hydrogen) atoms. The molecule has 3 N–H and O–H groups in total. The van der Waals surface area contributed by atoms with Gasteiger partial charge >= 0.3 is 5.97 Å². The van der Waals surface area contributed by atoms with Crippen LogP contribution in [0.2, 0.25) is 0 Å². The maximum Gasteiger partial charge on any atom is 0.308 e. The first kappa shape index (κ1) is 53.0. The summed E-state index contributed by atoms with van der Waals surface area (Å²) in [4.78, 5) is 14.6. The molecule has 0 aromatic rings. The number of hydrogen-bond donors (Lipinski definition) is 3. The summed E-state index contributed by atoms with van der Waals surface area (Å²) in [5, 5.41) is 30.2. The Morgan fingerprint density at radius 1 is 0.513 bits per heavy atom. The summed E-state index contributed by atoms with van der Waals surface area (Å²) in [5.74, 6) is -2.81. The number of carbonyl (C=O) groups excluding carboxylic acids is 1. The molecule has 0 radical (unpaired) electrons. The lowest BCUT2D eigenvalue weighted by atomic mass is 9.79. The van der Waals surface area contributed by atoms with Gasteiger partial charge in [0.15, 0.2) is 17.4 Å². The van der Waals surface area contributed by atoms with Gasteiger partial charge in [-0.3, -0.25) is 4.79 Å². The highest BCUT2D eigenvalue weighted by Gasteiger charge is 2.70. The summed E-state index contributed by atoms with van der Waals surface area (Å²) in [7, 11) is 0. The van der Waals surface area contributed by atoms with E-state index in [9.17, 15) is 20.1 Å². The third-order valence-corrected chi connectivity index (χ3v) is 21.6. The Kier molecular flexibility index (Phi) is 13.6. The largest absolute Gasteiger partial charge is 0.459 e. The number of fused-ring (bicyclic) bond motifs is 10. The Labute approximate surface area is 457 Å². The van der Waals surface area contributed by atoms with Gasteiger partial charge < -0.3 is 86.4 Å². The van der Waals surface area contributed by atoms with Gasteiger partial charge in [-0.05, 0) is 74.3 Å². The van der Waals surface area contributed by atoms with Crippen LogP contribution in [0.25, 0.3) is 0 Å². The van der Waals surface area contributed by atoms with Gasteiger partial charge in [0.25, 0.3) is 0 Å². The molecule has 16 heterocycles. The predicted molar refractivity (Wildman–Crippen MR) is 269 cm³/mol. The van der Waals surface area contributed by atoms with E-state index in [1.807, 2.05) is 0 Å². The molecule has 0 aliphatic carbocycles. The first-order chi connectivity index (χ1) is 37.6. The molecule has 12 bridgehead atoms. The van der Waals surface area contributed by atoms with E-state index in [4.69, 9.17) is 71.1 Å². The third kappa shape index (κ3) is 9.19. The van der Waals surface area contributed by atoms with Crippen LogP contribution in [0.3, 0.4) is 0 Å². The highest BCUT2D eigenvalue weighted by Crippen LogP contribution is 2.57. The molecule has 16 fully saturated rings. The molecule has 16 aliphatic rings. The molecule has 19 nitrogen and oxygen atoms in total. The van der Waals surface area contributed by atoms with Crippen LogP contribution in [0.1, 0.15) is 143 Å².